The molecule has 0 saturated heterocycles. The van der Waals surface area contributed by atoms with E-state index in [9.17, 15) is 0 Å². The van der Waals surface area contributed by atoms with Crippen molar-refractivity contribution < 1.29 is 0 Å². The van der Waals surface area contributed by atoms with Crippen molar-refractivity contribution in [3.8, 4) is 0 Å². The molecule has 0 bridgehead atoms. The molecule has 3 nitrogen and oxygen atoms in total. The van der Waals surface area contributed by atoms with E-state index in [1.165, 1.54) is 0 Å². The molecule has 1 aromatic heterocycles. The summed E-state index contributed by atoms with van der Waals surface area (Å²) >= 11 is 0. The second-order valence-corrected chi connectivity index (χ2v) is 5.44. The van der Waals surface area contributed by atoms with E-state index >= 15 is 0 Å². The smallest absolute Gasteiger partial charge is 0.109 e. The van der Waals surface area contributed by atoms with Crippen LogP contribution in [0.1, 0.15) is 36.3 Å². The highest BCUT2D eigenvalue weighted by Crippen LogP contribution is 2.27. The van der Waals surface area contributed by atoms with Gasteiger partial charge < -0.3 is 10.3 Å². The SMILES string of the molecule is CCCc1nc2c(C(N)c3ccccc3)cccc2n1C. The summed E-state index contributed by atoms with van der Waals surface area (Å²) in [6.07, 6.45) is 2.09. The quantitative estimate of drug-likeness (QED) is 0.793. The lowest BCUT2D eigenvalue weighted by molar-refractivity contribution is 0.772. The van der Waals surface area contributed by atoms with Crippen molar-refractivity contribution >= 4 is 11.0 Å². The summed E-state index contributed by atoms with van der Waals surface area (Å²) in [6.45, 7) is 2.18. The second-order valence-electron chi connectivity index (χ2n) is 5.44. The summed E-state index contributed by atoms with van der Waals surface area (Å²) in [5.74, 6) is 1.13. The molecule has 0 saturated carbocycles. The topological polar surface area (TPSA) is 43.8 Å². The van der Waals surface area contributed by atoms with Crippen LogP contribution in [0.15, 0.2) is 48.5 Å². The standard InChI is InChI=1S/C18H21N3/c1-3-8-16-20-18-14(11-7-12-15(18)21(16)2)17(19)13-9-5-4-6-10-13/h4-7,9-12,17H,3,8,19H2,1-2H3. The fraction of sp³-hybridized carbons (Fsp3) is 0.278. The first-order chi connectivity index (χ1) is 10.2. The summed E-state index contributed by atoms with van der Waals surface area (Å²) in [6, 6.07) is 16.3. The maximum atomic E-state index is 6.47. The van der Waals surface area contributed by atoms with E-state index in [4.69, 9.17) is 10.7 Å². The number of aromatic nitrogens is 2. The molecule has 3 heteroatoms. The van der Waals surface area contributed by atoms with Crippen LogP contribution in [-0.2, 0) is 13.5 Å². The lowest BCUT2D eigenvalue weighted by Crippen LogP contribution is -2.12. The first-order valence-electron chi connectivity index (χ1n) is 7.47. The van der Waals surface area contributed by atoms with E-state index in [2.05, 4.69) is 48.9 Å². The van der Waals surface area contributed by atoms with Gasteiger partial charge in [0.2, 0.25) is 0 Å². The highest BCUT2D eigenvalue weighted by atomic mass is 15.1. The van der Waals surface area contributed by atoms with Gasteiger partial charge in [0.05, 0.1) is 17.1 Å². The molecule has 21 heavy (non-hydrogen) atoms. The first kappa shape index (κ1) is 13.8. The van der Waals surface area contributed by atoms with E-state index in [1.54, 1.807) is 0 Å². The number of imidazole rings is 1. The van der Waals surface area contributed by atoms with E-state index in [-0.39, 0.29) is 6.04 Å². The largest absolute Gasteiger partial charge is 0.331 e. The van der Waals surface area contributed by atoms with Crippen LogP contribution in [0.3, 0.4) is 0 Å². The Morgan fingerprint density at radius 2 is 1.86 bits per heavy atom. The van der Waals surface area contributed by atoms with Crippen LogP contribution < -0.4 is 5.73 Å². The van der Waals surface area contributed by atoms with Gasteiger partial charge in [-0.2, -0.15) is 0 Å². The molecule has 3 rings (SSSR count). The third-order valence-corrected chi connectivity index (χ3v) is 4.00. The minimum atomic E-state index is -0.140. The lowest BCUT2D eigenvalue weighted by atomic mass is 9.98. The fourth-order valence-electron chi connectivity index (χ4n) is 2.82. The van der Waals surface area contributed by atoms with E-state index in [0.29, 0.717) is 0 Å². The fourth-order valence-corrected chi connectivity index (χ4v) is 2.82. The molecule has 0 amide bonds. The zero-order valence-corrected chi connectivity index (χ0v) is 12.6. The second kappa shape index (κ2) is 5.70. The van der Waals surface area contributed by atoms with Gasteiger partial charge in [0.25, 0.3) is 0 Å². The Labute approximate surface area is 125 Å². The molecule has 0 radical (unpaired) electrons. The summed E-state index contributed by atoms with van der Waals surface area (Å²) in [5, 5.41) is 0. The Kier molecular flexibility index (Phi) is 3.76. The van der Waals surface area contributed by atoms with E-state index in [0.717, 1.165) is 40.8 Å². The van der Waals surface area contributed by atoms with Crippen LogP contribution in [0.5, 0.6) is 0 Å². The van der Waals surface area contributed by atoms with Crippen molar-refractivity contribution in [1.82, 2.24) is 9.55 Å². The summed E-state index contributed by atoms with van der Waals surface area (Å²) < 4.78 is 2.18. The van der Waals surface area contributed by atoms with Crippen LogP contribution in [0.25, 0.3) is 11.0 Å². The average molecular weight is 279 g/mol. The number of nitrogens with zero attached hydrogens (tertiary/aromatic N) is 2. The molecule has 108 valence electrons. The zero-order chi connectivity index (χ0) is 14.8. The van der Waals surface area contributed by atoms with Gasteiger partial charge in [-0.15, -0.1) is 0 Å². The van der Waals surface area contributed by atoms with Crippen molar-refractivity contribution in [3.63, 3.8) is 0 Å². The van der Waals surface area contributed by atoms with Crippen molar-refractivity contribution in [3.05, 3.63) is 65.5 Å². The number of hydrogen-bond donors (Lipinski definition) is 1. The Morgan fingerprint density at radius 3 is 2.57 bits per heavy atom. The van der Waals surface area contributed by atoms with Gasteiger partial charge in [-0.3, -0.25) is 0 Å². The van der Waals surface area contributed by atoms with Gasteiger partial charge in [-0.25, -0.2) is 4.98 Å². The van der Waals surface area contributed by atoms with Crippen LogP contribution in [0.2, 0.25) is 0 Å². The third-order valence-electron chi connectivity index (χ3n) is 4.00. The van der Waals surface area contributed by atoms with E-state index < -0.39 is 0 Å². The minimum absolute atomic E-state index is 0.140. The Morgan fingerprint density at radius 1 is 1.10 bits per heavy atom. The van der Waals surface area contributed by atoms with Crippen molar-refractivity contribution in [1.29, 1.82) is 0 Å². The number of fused-ring (bicyclic) bond motifs is 1. The highest BCUT2D eigenvalue weighted by molar-refractivity contribution is 5.80. The van der Waals surface area contributed by atoms with Crippen LogP contribution >= 0.6 is 0 Å². The van der Waals surface area contributed by atoms with Crippen molar-refractivity contribution in [2.45, 2.75) is 25.8 Å². The Balaban J connectivity index is 2.13. The zero-order valence-electron chi connectivity index (χ0n) is 12.6. The van der Waals surface area contributed by atoms with Crippen LogP contribution in [0, 0.1) is 0 Å². The lowest BCUT2D eigenvalue weighted by Gasteiger charge is -2.13. The van der Waals surface area contributed by atoms with Gasteiger partial charge in [0.1, 0.15) is 5.82 Å². The molecule has 0 spiro atoms. The Bertz CT molecular complexity index is 744. The monoisotopic (exact) mass is 279 g/mol. The molecule has 1 unspecified atom stereocenters. The molecule has 0 aliphatic heterocycles. The maximum absolute atomic E-state index is 6.47. The number of aryl methyl sites for hydroxylation is 2. The summed E-state index contributed by atoms with van der Waals surface area (Å²) in [7, 11) is 2.08. The molecule has 0 fully saturated rings. The summed E-state index contributed by atoms with van der Waals surface area (Å²) in [5.41, 5.74) is 10.9. The average Bonchev–Trinajstić information content (AvgIpc) is 2.85. The molecule has 0 aliphatic rings. The Hall–Kier alpha value is -2.13. The number of rotatable bonds is 4. The van der Waals surface area contributed by atoms with Crippen LogP contribution in [0.4, 0.5) is 0 Å². The molecular formula is C18H21N3. The number of para-hydroxylation sites is 1. The summed E-state index contributed by atoms with van der Waals surface area (Å²) in [4.78, 5) is 4.83. The molecule has 1 atom stereocenters. The van der Waals surface area contributed by atoms with Crippen molar-refractivity contribution in [2.24, 2.45) is 12.8 Å². The van der Waals surface area contributed by atoms with Crippen LogP contribution in [-0.4, -0.2) is 9.55 Å². The first-order valence-corrected chi connectivity index (χ1v) is 7.47. The molecule has 2 aromatic carbocycles. The van der Waals surface area contributed by atoms with Gasteiger partial charge in [0, 0.05) is 19.0 Å². The maximum Gasteiger partial charge on any atom is 0.109 e. The predicted molar refractivity (Wildman–Crippen MR) is 87.2 cm³/mol. The number of hydrogen-bond acceptors (Lipinski definition) is 2. The van der Waals surface area contributed by atoms with Crippen molar-refractivity contribution in [2.75, 3.05) is 0 Å². The molecule has 3 aromatic rings. The van der Waals surface area contributed by atoms with Gasteiger partial charge in [-0.1, -0.05) is 49.4 Å². The van der Waals surface area contributed by atoms with Gasteiger partial charge in [-0.05, 0) is 18.1 Å². The molecule has 2 N–H and O–H groups in total. The predicted octanol–water partition coefficient (Wildman–Crippen LogP) is 3.57. The molecular weight excluding hydrogens is 258 g/mol. The van der Waals surface area contributed by atoms with E-state index in [1.807, 2.05) is 18.2 Å². The molecule has 0 aliphatic carbocycles. The normalized spacial score (nSPS) is 12.7. The number of benzene rings is 2. The van der Waals surface area contributed by atoms with Gasteiger partial charge >= 0.3 is 0 Å². The third kappa shape index (κ3) is 2.45. The van der Waals surface area contributed by atoms with Gasteiger partial charge in [0.15, 0.2) is 0 Å². The highest BCUT2D eigenvalue weighted by Gasteiger charge is 2.16. The number of nitrogens with two attached hydrogens (primary N) is 1. The molecule has 1 heterocycles. The minimum Gasteiger partial charge on any atom is -0.331 e.